The van der Waals surface area contributed by atoms with Crippen molar-refractivity contribution in [1.29, 1.82) is 0 Å². The van der Waals surface area contributed by atoms with E-state index in [2.05, 4.69) is 15.0 Å². The van der Waals surface area contributed by atoms with Crippen LogP contribution in [0.3, 0.4) is 0 Å². The summed E-state index contributed by atoms with van der Waals surface area (Å²) in [6.45, 7) is 0.579. The van der Waals surface area contributed by atoms with Crippen molar-refractivity contribution in [2.24, 2.45) is 0 Å². The Balaban J connectivity index is 1.60. The molecule has 1 aromatic carbocycles. The number of benzene rings is 1. The molecule has 0 unspecified atom stereocenters. The highest BCUT2D eigenvalue weighted by molar-refractivity contribution is 7.92. The first-order chi connectivity index (χ1) is 11.0. The van der Waals surface area contributed by atoms with Crippen molar-refractivity contribution in [2.75, 3.05) is 16.3 Å². The Morgan fingerprint density at radius 1 is 1.17 bits per heavy atom. The maximum absolute atomic E-state index is 11.2. The second-order valence-electron chi connectivity index (χ2n) is 4.93. The Bertz CT molecular complexity index is 869. The van der Waals surface area contributed by atoms with Gasteiger partial charge in [0.1, 0.15) is 0 Å². The first-order valence-electron chi connectivity index (χ1n) is 6.80. The van der Waals surface area contributed by atoms with Crippen LogP contribution in [-0.2, 0) is 16.6 Å². The molecule has 0 aliphatic heterocycles. The first-order valence-corrected chi connectivity index (χ1v) is 9.57. The number of hydrogen-bond acceptors (Lipinski definition) is 6. The van der Waals surface area contributed by atoms with E-state index in [9.17, 15) is 8.42 Å². The molecular formula is C15H15N3O3S2. The van der Waals surface area contributed by atoms with Gasteiger partial charge in [0.05, 0.1) is 24.8 Å². The van der Waals surface area contributed by atoms with Crippen molar-refractivity contribution in [1.82, 2.24) is 4.98 Å². The fourth-order valence-electron chi connectivity index (χ4n) is 1.96. The number of furan rings is 1. The van der Waals surface area contributed by atoms with E-state index in [-0.39, 0.29) is 0 Å². The number of hydrogen-bond donors (Lipinski definition) is 2. The fourth-order valence-corrected chi connectivity index (χ4v) is 3.31. The number of nitrogens with zero attached hydrogens (tertiary/aromatic N) is 1. The Labute approximate surface area is 138 Å². The second kappa shape index (κ2) is 6.43. The van der Waals surface area contributed by atoms with E-state index in [1.54, 1.807) is 18.4 Å². The summed E-state index contributed by atoms with van der Waals surface area (Å²) in [5.41, 5.74) is 2.34. The van der Waals surface area contributed by atoms with Gasteiger partial charge in [0.25, 0.3) is 0 Å². The minimum absolute atomic E-state index is 0.534. The number of aromatic nitrogens is 1. The van der Waals surface area contributed by atoms with Gasteiger partial charge >= 0.3 is 0 Å². The van der Waals surface area contributed by atoms with Gasteiger partial charge in [-0.2, -0.15) is 0 Å². The molecule has 2 N–H and O–H groups in total. The van der Waals surface area contributed by atoms with E-state index in [1.165, 1.54) is 11.3 Å². The Kier molecular flexibility index (Phi) is 4.35. The molecule has 0 aliphatic rings. The Morgan fingerprint density at radius 2 is 1.91 bits per heavy atom. The molecule has 2 aromatic heterocycles. The van der Waals surface area contributed by atoms with Gasteiger partial charge in [-0.25, -0.2) is 13.4 Å². The standard InChI is InChI=1S/C15H15N3O3S2/c1-23(19,20)18-12-6-4-11(5-7-12)16-9-13-10-22-15(17-13)14-3-2-8-21-14/h2-8,10,16,18H,9H2,1H3. The summed E-state index contributed by atoms with van der Waals surface area (Å²) >= 11 is 1.53. The number of nitrogens with one attached hydrogen (secondary N) is 2. The van der Waals surface area contributed by atoms with Crippen LogP contribution in [0.1, 0.15) is 5.69 Å². The van der Waals surface area contributed by atoms with Crippen molar-refractivity contribution in [3.05, 3.63) is 53.7 Å². The summed E-state index contributed by atoms with van der Waals surface area (Å²) in [5, 5.41) is 6.07. The lowest BCUT2D eigenvalue weighted by Gasteiger charge is -2.07. The largest absolute Gasteiger partial charge is 0.462 e. The van der Waals surface area contributed by atoms with Gasteiger partial charge in [-0.15, -0.1) is 11.3 Å². The SMILES string of the molecule is CS(=O)(=O)Nc1ccc(NCc2csc(-c3ccco3)n2)cc1. The molecule has 0 bridgehead atoms. The van der Waals surface area contributed by atoms with E-state index < -0.39 is 10.0 Å². The predicted molar refractivity (Wildman–Crippen MR) is 92.1 cm³/mol. The first kappa shape index (κ1) is 15.6. The van der Waals surface area contributed by atoms with E-state index in [1.807, 2.05) is 29.6 Å². The Hall–Kier alpha value is -2.32. The monoisotopic (exact) mass is 349 g/mol. The molecule has 6 nitrogen and oxygen atoms in total. The minimum atomic E-state index is -3.25. The van der Waals surface area contributed by atoms with Crippen molar-refractivity contribution >= 4 is 32.7 Å². The molecule has 0 spiro atoms. The molecule has 2 heterocycles. The third kappa shape index (κ3) is 4.33. The summed E-state index contributed by atoms with van der Waals surface area (Å²) < 4.78 is 30.1. The zero-order valence-corrected chi connectivity index (χ0v) is 13.9. The topological polar surface area (TPSA) is 84.2 Å². The summed E-state index contributed by atoms with van der Waals surface area (Å²) in [7, 11) is -3.25. The average Bonchev–Trinajstić information content (AvgIpc) is 3.16. The highest BCUT2D eigenvalue weighted by Crippen LogP contribution is 2.24. The van der Waals surface area contributed by atoms with Gasteiger partial charge in [0.15, 0.2) is 10.8 Å². The van der Waals surface area contributed by atoms with Crippen LogP contribution in [0.2, 0.25) is 0 Å². The number of thiazole rings is 1. The molecule has 3 aromatic rings. The van der Waals surface area contributed by atoms with E-state index >= 15 is 0 Å². The maximum atomic E-state index is 11.2. The van der Waals surface area contributed by atoms with Crippen LogP contribution in [-0.4, -0.2) is 19.7 Å². The van der Waals surface area contributed by atoms with Gasteiger partial charge in [-0.3, -0.25) is 4.72 Å². The van der Waals surface area contributed by atoms with Gasteiger partial charge in [-0.1, -0.05) is 0 Å². The van der Waals surface area contributed by atoms with Crippen LogP contribution in [0.4, 0.5) is 11.4 Å². The third-order valence-corrected chi connectivity index (χ3v) is 4.46. The van der Waals surface area contributed by atoms with Gasteiger partial charge in [0, 0.05) is 16.8 Å². The lowest BCUT2D eigenvalue weighted by Crippen LogP contribution is -2.09. The third-order valence-electron chi connectivity index (χ3n) is 2.95. The molecule has 0 saturated heterocycles. The normalized spacial score (nSPS) is 11.3. The summed E-state index contributed by atoms with van der Waals surface area (Å²) in [6.07, 6.45) is 2.75. The molecule has 3 rings (SSSR count). The fraction of sp³-hybridized carbons (Fsp3) is 0.133. The van der Waals surface area contributed by atoms with E-state index in [0.717, 1.165) is 28.4 Å². The van der Waals surface area contributed by atoms with Crippen molar-refractivity contribution in [3.63, 3.8) is 0 Å². The van der Waals surface area contributed by atoms with Crippen LogP contribution >= 0.6 is 11.3 Å². The summed E-state index contributed by atoms with van der Waals surface area (Å²) in [4.78, 5) is 4.50. The van der Waals surface area contributed by atoms with Crippen LogP contribution in [0, 0.1) is 0 Å². The van der Waals surface area contributed by atoms with Gasteiger partial charge in [0.2, 0.25) is 10.0 Å². The van der Waals surface area contributed by atoms with Crippen molar-refractivity contribution < 1.29 is 12.8 Å². The van der Waals surface area contributed by atoms with Crippen LogP contribution in [0.25, 0.3) is 10.8 Å². The molecule has 120 valence electrons. The summed E-state index contributed by atoms with van der Waals surface area (Å²) in [5.74, 6) is 0.762. The number of sulfonamides is 1. The predicted octanol–water partition coefficient (Wildman–Crippen LogP) is 3.39. The molecule has 8 heteroatoms. The van der Waals surface area contributed by atoms with Gasteiger partial charge < -0.3 is 9.73 Å². The molecule has 0 fully saturated rings. The lowest BCUT2D eigenvalue weighted by atomic mass is 10.3. The number of rotatable bonds is 6. The van der Waals surface area contributed by atoms with Crippen LogP contribution < -0.4 is 10.0 Å². The highest BCUT2D eigenvalue weighted by Gasteiger charge is 2.07. The second-order valence-corrected chi connectivity index (χ2v) is 7.53. The van der Waals surface area contributed by atoms with E-state index in [4.69, 9.17) is 4.42 Å². The molecule has 23 heavy (non-hydrogen) atoms. The molecule has 0 saturated carbocycles. The Morgan fingerprint density at radius 3 is 2.57 bits per heavy atom. The zero-order chi connectivity index (χ0) is 16.3. The highest BCUT2D eigenvalue weighted by atomic mass is 32.2. The molecule has 0 aliphatic carbocycles. The lowest BCUT2D eigenvalue weighted by molar-refractivity contribution is 0.581. The van der Waals surface area contributed by atoms with Crippen molar-refractivity contribution in [2.45, 2.75) is 6.54 Å². The average molecular weight is 349 g/mol. The van der Waals surface area contributed by atoms with Crippen LogP contribution in [0.5, 0.6) is 0 Å². The molecule has 0 amide bonds. The smallest absolute Gasteiger partial charge is 0.229 e. The summed E-state index contributed by atoms with van der Waals surface area (Å²) in [6, 6.07) is 10.8. The van der Waals surface area contributed by atoms with E-state index in [0.29, 0.717) is 12.2 Å². The minimum Gasteiger partial charge on any atom is -0.462 e. The van der Waals surface area contributed by atoms with Crippen molar-refractivity contribution in [3.8, 4) is 10.8 Å². The van der Waals surface area contributed by atoms with Gasteiger partial charge in [-0.05, 0) is 36.4 Å². The number of anilines is 2. The molecular weight excluding hydrogens is 334 g/mol. The molecule has 0 radical (unpaired) electrons. The zero-order valence-electron chi connectivity index (χ0n) is 12.3. The van der Waals surface area contributed by atoms with Crippen LogP contribution in [0.15, 0.2) is 52.5 Å². The maximum Gasteiger partial charge on any atom is 0.229 e. The molecule has 0 atom stereocenters. The quantitative estimate of drug-likeness (QED) is 0.713.